The van der Waals surface area contributed by atoms with Gasteiger partial charge in [-0.25, -0.2) is 4.79 Å². The summed E-state index contributed by atoms with van der Waals surface area (Å²) in [5.41, 5.74) is 4.76. The van der Waals surface area contributed by atoms with E-state index in [1.165, 1.54) is 0 Å². The number of para-hydroxylation sites is 1. The molecule has 0 unspecified atom stereocenters. The number of benzene rings is 1. The van der Waals surface area contributed by atoms with Gasteiger partial charge in [0.25, 0.3) is 0 Å². The summed E-state index contributed by atoms with van der Waals surface area (Å²) in [5, 5.41) is 8.17. The highest BCUT2D eigenvalue weighted by Gasteiger charge is 1.93. The van der Waals surface area contributed by atoms with Gasteiger partial charge in [0.05, 0.1) is 11.0 Å². The highest BCUT2D eigenvalue weighted by atomic mass is 127. The Morgan fingerprint density at radius 3 is 2.56 bits per heavy atom. The molecular weight excluding hydrogens is 349 g/mol. The van der Waals surface area contributed by atoms with Crippen LogP contribution in [0.1, 0.15) is 0 Å². The maximum Gasteiger partial charge on any atom is 0.409 e. The van der Waals surface area contributed by atoms with Crippen molar-refractivity contribution in [3.63, 3.8) is 0 Å². The van der Waals surface area contributed by atoms with Gasteiger partial charge in [-0.2, -0.15) is 0 Å². The smallest absolute Gasteiger partial charge is 0.409 e. The Balaban J connectivity index is 0.000000331. The molecule has 0 radical (unpaired) electrons. The van der Waals surface area contributed by atoms with E-state index in [0.29, 0.717) is 12.4 Å². The molecule has 5 nitrogen and oxygen atoms in total. The summed E-state index contributed by atoms with van der Waals surface area (Å²) < 4.78 is 9.93. The zero-order chi connectivity index (χ0) is 13.6. The summed E-state index contributed by atoms with van der Waals surface area (Å²) >= 11 is 2.12. The number of aliphatic hydroxyl groups excluding tert-OH is 1. The van der Waals surface area contributed by atoms with Crippen LogP contribution in [0.15, 0.2) is 30.3 Å². The van der Waals surface area contributed by atoms with Gasteiger partial charge < -0.3 is 20.3 Å². The molecule has 6 heteroatoms. The number of carbonyl (C=O) groups is 1. The van der Waals surface area contributed by atoms with E-state index in [-0.39, 0.29) is 6.61 Å². The lowest BCUT2D eigenvalue weighted by atomic mass is 10.3. The highest BCUT2D eigenvalue weighted by molar-refractivity contribution is 14.1. The average Bonchev–Trinajstić information content (AvgIpc) is 2.36. The zero-order valence-corrected chi connectivity index (χ0v) is 11.8. The molecule has 1 aromatic carbocycles. The van der Waals surface area contributed by atoms with E-state index < -0.39 is 6.09 Å². The van der Waals surface area contributed by atoms with Gasteiger partial charge in [0.15, 0.2) is 0 Å². The maximum atomic E-state index is 10.2. The Morgan fingerprint density at radius 2 is 2.06 bits per heavy atom. The number of ether oxygens (including phenoxy) is 2. The number of hydrogen-bond acceptors (Lipinski definition) is 4. The highest BCUT2D eigenvalue weighted by Crippen LogP contribution is 2.07. The second-order valence-electron chi connectivity index (χ2n) is 2.72. The number of halogens is 1. The summed E-state index contributed by atoms with van der Waals surface area (Å²) in [6.07, 6.45) is 1.63. The van der Waals surface area contributed by atoms with Gasteiger partial charge in [-0.15, -0.1) is 0 Å². The lowest BCUT2D eigenvalue weighted by molar-refractivity contribution is 0.180. The van der Waals surface area contributed by atoms with Crippen LogP contribution in [-0.4, -0.2) is 28.8 Å². The van der Waals surface area contributed by atoms with Gasteiger partial charge in [-0.05, 0) is 18.1 Å². The fourth-order valence-corrected chi connectivity index (χ4v) is 0.935. The lowest BCUT2D eigenvalue weighted by Crippen LogP contribution is -2.15. The molecule has 98 valence electrons. The Morgan fingerprint density at radius 1 is 1.39 bits per heavy atom. The molecule has 0 aliphatic heterocycles. The van der Waals surface area contributed by atoms with Crippen LogP contribution in [0.4, 0.5) is 4.79 Å². The van der Waals surface area contributed by atoms with Crippen molar-refractivity contribution in [2.45, 2.75) is 0 Å². The Labute approximate surface area is 119 Å². The number of carbonyl (C=O) groups excluding carboxylic acids is 1. The molecule has 0 heterocycles. The first-order valence-electron chi connectivity index (χ1n) is 4.99. The molecule has 0 aliphatic carbocycles. The molecule has 1 aromatic rings. The minimum atomic E-state index is -0.786. The summed E-state index contributed by atoms with van der Waals surface area (Å²) in [6.45, 7) is 0.347. The minimum Gasteiger partial charge on any atom is -0.444 e. The zero-order valence-electron chi connectivity index (χ0n) is 9.64. The van der Waals surface area contributed by atoms with E-state index in [2.05, 4.69) is 44.1 Å². The molecule has 0 aromatic heterocycles. The second-order valence-corrected chi connectivity index (χ2v) is 3.48. The molecule has 3 N–H and O–H groups in total. The largest absolute Gasteiger partial charge is 0.444 e. The van der Waals surface area contributed by atoms with Crippen molar-refractivity contribution < 1.29 is 19.4 Å². The quantitative estimate of drug-likeness (QED) is 0.369. The number of rotatable bonds is 3. The minimum absolute atomic E-state index is 0.0376. The molecule has 0 saturated carbocycles. The van der Waals surface area contributed by atoms with Gasteiger partial charge in [-0.1, -0.05) is 40.8 Å². The third-order valence-electron chi connectivity index (χ3n) is 1.37. The van der Waals surface area contributed by atoms with Gasteiger partial charge in [-0.3, -0.25) is 0 Å². The maximum absolute atomic E-state index is 10.2. The normalized spacial score (nSPS) is 8.11. The molecular formula is C12H14INO4. The van der Waals surface area contributed by atoms with Gasteiger partial charge in [0, 0.05) is 0 Å². The summed E-state index contributed by atoms with van der Waals surface area (Å²) in [4.78, 5) is 10.2. The van der Waals surface area contributed by atoms with E-state index in [4.69, 9.17) is 10.8 Å². The van der Waals surface area contributed by atoms with Crippen molar-refractivity contribution in [3.8, 4) is 17.8 Å². The van der Waals surface area contributed by atoms with Gasteiger partial charge >= 0.3 is 6.09 Å². The van der Waals surface area contributed by atoms with Crippen molar-refractivity contribution in [3.05, 3.63) is 30.3 Å². The fourth-order valence-electron chi connectivity index (χ4n) is 0.780. The molecule has 0 fully saturated rings. The molecule has 18 heavy (non-hydrogen) atoms. The Hall–Kier alpha value is -1.46. The molecule has 1 rings (SSSR count). The molecule has 0 spiro atoms. The van der Waals surface area contributed by atoms with E-state index in [1.54, 1.807) is 24.3 Å². The first-order valence-corrected chi connectivity index (χ1v) is 6.52. The van der Waals surface area contributed by atoms with E-state index in [1.807, 2.05) is 6.07 Å². The van der Waals surface area contributed by atoms with Crippen LogP contribution in [0.2, 0.25) is 0 Å². The molecule has 1 amide bonds. The van der Waals surface area contributed by atoms with Crippen LogP contribution in [-0.2, 0) is 4.74 Å². The first kappa shape index (κ1) is 16.5. The van der Waals surface area contributed by atoms with Crippen molar-refractivity contribution in [1.82, 2.24) is 0 Å². The molecule has 0 bridgehead atoms. The van der Waals surface area contributed by atoms with Crippen molar-refractivity contribution in [2.24, 2.45) is 5.73 Å². The average molecular weight is 363 g/mol. The van der Waals surface area contributed by atoms with E-state index >= 15 is 0 Å². The number of alkyl halides is 1. The predicted octanol–water partition coefficient (Wildman–Crippen LogP) is 1.54. The third-order valence-corrected chi connectivity index (χ3v) is 1.75. The third kappa shape index (κ3) is 11.0. The first-order chi connectivity index (χ1) is 8.70. The van der Waals surface area contributed by atoms with E-state index in [9.17, 15) is 4.79 Å². The van der Waals surface area contributed by atoms with Crippen LogP contribution in [0.25, 0.3) is 0 Å². The Bertz CT molecular complexity index is 386. The second kappa shape index (κ2) is 12.0. The van der Waals surface area contributed by atoms with Crippen molar-refractivity contribution >= 4 is 28.7 Å². The molecule has 0 aliphatic rings. The Kier molecular flexibility index (Phi) is 11.0. The van der Waals surface area contributed by atoms with E-state index in [0.717, 1.165) is 4.43 Å². The van der Waals surface area contributed by atoms with Crippen LogP contribution >= 0.6 is 22.6 Å². The summed E-state index contributed by atoms with van der Waals surface area (Å²) in [5.74, 6) is 3.15. The van der Waals surface area contributed by atoms with Crippen LogP contribution < -0.4 is 10.5 Å². The topological polar surface area (TPSA) is 81.8 Å². The van der Waals surface area contributed by atoms with Crippen molar-refractivity contribution in [1.29, 1.82) is 0 Å². The number of nitrogens with two attached hydrogens (primary N) is 1. The number of amides is 1. The molecule has 0 atom stereocenters. The number of hydrogen-bond donors (Lipinski definition) is 2. The SMILES string of the molecule is NC(=O)Oc1ccccc1.OCCOC#CCI. The standard InChI is InChI=1S/C7H7NO2.C5H7IO2/c8-7(9)10-6-4-2-1-3-5-6;6-2-1-4-8-5-3-7/h1-5H,(H2,8,9);7H,2-3,5H2. The van der Waals surface area contributed by atoms with Gasteiger partial charge in [0.1, 0.15) is 18.5 Å². The fraction of sp³-hybridized carbons (Fsp3) is 0.250. The van der Waals surface area contributed by atoms with Crippen LogP contribution in [0.3, 0.4) is 0 Å². The summed E-state index contributed by atoms with van der Waals surface area (Å²) in [7, 11) is 0. The number of aliphatic hydroxyl groups is 1. The van der Waals surface area contributed by atoms with Crippen molar-refractivity contribution in [2.75, 3.05) is 17.6 Å². The van der Waals surface area contributed by atoms with Gasteiger partial charge in [0.2, 0.25) is 0 Å². The molecule has 0 saturated heterocycles. The van der Waals surface area contributed by atoms with Crippen LogP contribution in [0.5, 0.6) is 5.75 Å². The monoisotopic (exact) mass is 363 g/mol. The lowest BCUT2D eigenvalue weighted by Gasteiger charge is -1.96. The van der Waals surface area contributed by atoms with Crippen LogP contribution in [0, 0.1) is 12.0 Å². The predicted molar refractivity (Wildman–Crippen MR) is 76.4 cm³/mol. The number of primary amides is 1. The summed E-state index contributed by atoms with van der Waals surface area (Å²) in [6, 6.07) is 8.67.